The number of likely N-dealkylation sites (N-methyl/N-ethyl adjacent to an activating group) is 1. The Hall–Kier alpha value is -4.11. The van der Waals surface area contributed by atoms with Crippen LogP contribution >= 0.6 is 0 Å². The predicted octanol–water partition coefficient (Wildman–Crippen LogP) is -2.89. The third kappa shape index (κ3) is 3.75. The Morgan fingerprint density at radius 2 is 2.05 bits per heavy atom. The number of nitrogens with one attached hydrogen (secondary N) is 3. The Kier molecular flexibility index (Phi) is 5.91. The topological polar surface area (TPSA) is 211 Å². The predicted molar refractivity (Wildman–Crippen MR) is 145 cm³/mol. The van der Waals surface area contributed by atoms with Crippen LogP contribution in [0, 0.1) is 0 Å². The van der Waals surface area contributed by atoms with Crippen LogP contribution in [0.3, 0.4) is 0 Å². The first-order valence-electron chi connectivity index (χ1n) is 13.7. The van der Waals surface area contributed by atoms with Gasteiger partial charge in [-0.3, -0.25) is 25.5 Å². The maximum Gasteiger partial charge on any atom is 0.346 e. The average molecular weight is 571 g/mol. The SMILES string of the molecule is CCN1CC(=O)N(C[C@@H]2NC(N)=[N+]3CC(NC(=O)c4cccc5c4OCCC5(C)C)C(O)(O)[C@@]34NC(N)=N[C@@H]24)C1=O. The van der Waals surface area contributed by atoms with Crippen molar-refractivity contribution in [2.24, 2.45) is 16.5 Å². The summed E-state index contributed by atoms with van der Waals surface area (Å²) in [4.78, 5) is 45.9. The molecule has 41 heavy (non-hydrogen) atoms. The smallest absolute Gasteiger partial charge is 0.346 e. The number of para-hydroxylation sites is 1. The van der Waals surface area contributed by atoms with Gasteiger partial charge in [0.05, 0.1) is 25.3 Å². The van der Waals surface area contributed by atoms with Crippen LogP contribution in [-0.4, -0.2) is 117 Å². The van der Waals surface area contributed by atoms with Gasteiger partial charge in [0, 0.05) is 12.1 Å². The fourth-order valence-electron chi connectivity index (χ4n) is 6.71. The molecule has 0 radical (unpaired) electrons. The van der Waals surface area contributed by atoms with Gasteiger partial charge in [0.25, 0.3) is 5.91 Å². The molecule has 1 unspecified atom stereocenters. The van der Waals surface area contributed by atoms with Gasteiger partial charge in [0.1, 0.15) is 30.4 Å². The molecule has 15 heteroatoms. The number of fused-ring (bicyclic) bond motifs is 1. The quantitative estimate of drug-likeness (QED) is 0.109. The van der Waals surface area contributed by atoms with E-state index in [1.165, 1.54) is 9.48 Å². The molecule has 2 fully saturated rings. The van der Waals surface area contributed by atoms with E-state index in [1.54, 1.807) is 19.1 Å². The van der Waals surface area contributed by atoms with E-state index in [4.69, 9.17) is 16.2 Å². The van der Waals surface area contributed by atoms with E-state index >= 15 is 0 Å². The van der Waals surface area contributed by atoms with E-state index in [2.05, 4.69) is 34.8 Å². The van der Waals surface area contributed by atoms with Gasteiger partial charge in [-0.05, 0) is 24.8 Å². The molecule has 0 aromatic heterocycles. The summed E-state index contributed by atoms with van der Waals surface area (Å²) >= 11 is 0. The van der Waals surface area contributed by atoms with Crippen molar-refractivity contribution < 1.29 is 33.9 Å². The number of nitrogens with zero attached hydrogens (tertiary/aromatic N) is 4. The number of hydrogen-bond donors (Lipinski definition) is 7. The number of guanidine groups is 2. The molecule has 1 spiro atoms. The Morgan fingerprint density at radius 1 is 1.29 bits per heavy atom. The molecule has 0 bridgehead atoms. The highest BCUT2D eigenvalue weighted by Gasteiger charge is 2.75. The number of ether oxygens (including phenoxy) is 1. The Bertz CT molecular complexity index is 1410. The molecule has 4 atom stereocenters. The standard InChI is InChI=1S/C26H35N9O6/c1-4-33-12-17(36)34(23(33)38)10-15-19-25(32-21(27)31-19)26(39,40)16(11-35(25)22(28)29-15)30-20(37)13-6-5-7-14-18(13)41-9-8-24(14,2)3/h5-7,15-16,19,39-40H,4,8-12H2,1-3H3,(H6,27,28,29,30,31,32,37)/p+1/t15-,16?,19-,25-/m0/s1. The number of amides is 4. The molecule has 5 heterocycles. The summed E-state index contributed by atoms with van der Waals surface area (Å²) in [5.41, 5.74) is 11.7. The lowest BCUT2D eigenvalue weighted by molar-refractivity contribution is -0.623. The third-order valence-corrected chi connectivity index (χ3v) is 9.02. The van der Waals surface area contributed by atoms with E-state index in [0.717, 1.165) is 16.9 Å². The molecular formula is C26H36N9O6+. The van der Waals surface area contributed by atoms with Crippen molar-refractivity contribution in [2.75, 3.05) is 32.8 Å². The van der Waals surface area contributed by atoms with E-state index in [9.17, 15) is 24.6 Å². The zero-order chi connectivity index (χ0) is 29.5. The highest BCUT2D eigenvalue weighted by atomic mass is 16.5. The van der Waals surface area contributed by atoms with Crippen LogP contribution in [0.2, 0.25) is 0 Å². The van der Waals surface area contributed by atoms with Crippen LogP contribution in [0.4, 0.5) is 4.79 Å². The number of carbonyl (C=O) groups is 3. The molecule has 0 aliphatic carbocycles. The van der Waals surface area contributed by atoms with Crippen molar-refractivity contribution in [3.8, 4) is 5.75 Å². The Labute approximate surface area is 236 Å². The van der Waals surface area contributed by atoms with Crippen LogP contribution in [-0.2, 0) is 10.2 Å². The summed E-state index contributed by atoms with van der Waals surface area (Å²) in [6.45, 7) is 6.47. The maximum absolute atomic E-state index is 13.6. The number of benzene rings is 1. The third-order valence-electron chi connectivity index (χ3n) is 9.02. The lowest BCUT2D eigenvalue weighted by Crippen LogP contribution is -2.79. The summed E-state index contributed by atoms with van der Waals surface area (Å²) in [7, 11) is 0. The largest absolute Gasteiger partial charge is 0.492 e. The first-order chi connectivity index (χ1) is 19.3. The van der Waals surface area contributed by atoms with Crippen molar-refractivity contribution in [2.45, 2.75) is 62.2 Å². The van der Waals surface area contributed by atoms with Gasteiger partial charge in [-0.15, -0.1) is 0 Å². The van der Waals surface area contributed by atoms with Crippen molar-refractivity contribution in [3.05, 3.63) is 29.3 Å². The highest BCUT2D eigenvalue weighted by Crippen LogP contribution is 2.43. The van der Waals surface area contributed by atoms with Gasteiger partial charge < -0.3 is 36.2 Å². The first-order valence-corrected chi connectivity index (χ1v) is 13.7. The molecule has 5 aliphatic heterocycles. The minimum absolute atomic E-state index is 0.0430. The minimum atomic E-state index is -2.65. The van der Waals surface area contributed by atoms with Gasteiger partial charge in [0.2, 0.25) is 17.4 Å². The molecule has 1 aromatic carbocycles. The van der Waals surface area contributed by atoms with Gasteiger partial charge in [-0.1, -0.05) is 26.0 Å². The van der Waals surface area contributed by atoms with E-state index < -0.39 is 41.5 Å². The van der Waals surface area contributed by atoms with Gasteiger partial charge in [0.15, 0.2) is 5.96 Å². The summed E-state index contributed by atoms with van der Waals surface area (Å²) in [6.07, 6.45) is 0.796. The number of urea groups is 1. The summed E-state index contributed by atoms with van der Waals surface area (Å²) in [5.74, 6) is -3.15. The van der Waals surface area contributed by atoms with Crippen molar-refractivity contribution in [3.63, 3.8) is 0 Å². The van der Waals surface area contributed by atoms with Crippen LogP contribution in [0.1, 0.15) is 43.1 Å². The fourth-order valence-corrected chi connectivity index (χ4v) is 6.71. The Balaban J connectivity index is 1.31. The summed E-state index contributed by atoms with van der Waals surface area (Å²) < 4.78 is 7.36. The number of nitrogens with two attached hydrogens (primary N) is 2. The van der Waals surface area contributed by atoms with E-state index in [1.807, 2.05) is 6.07 Å². The highest BCUT2D eigenvalue weighted by molar-refractivity contribution is 6.02. The molecule has 9 N–H and O–H groups in total. The molecule has 5 aliphatic rings. The van der Waals surface area contributed by atoms with Crippen LogP contribution < -0.4 is 32.2 Å². The number of aliphatic hydroxyl groups is 2. The minimum Gasteiger partial charge on any atom is -0.492 e. The number of rotatable bonds is 5. The molecule has 15 nitrogen and oxygen atoms in total. The molecule has 1 aromatic rings. The zero-order valence-corrected chi connectivity index (χ0v) is 23.2. The molecule has 4 amide bonds. The number of hydrogen-bond acceptors (Lipinski definition) is 11. The lowest BCUT2D eigenvalue weighted by atomic mass is 9.79. The maximum atomic E-state index is 13.6. The van der Waals surface area contributed by atoms with Crippen molar-refractivity contribution in [1.82, 2.24) is 25.8 Å². The zero-order valence-electron chi connectivity index (χ0n) is 23.2. The second kappa shape index (κ2) is 8.94. The van der Waals surface area contributed by atoms with Crippen LogP contribution in [0.25, 0.3) is 0 Å². The van der Waals surface area contributed by atoms with E-state index in [-0.39, 0.29) is 48.4 Å². The average Bonchev–Trinajstić information content (AvgIpc) is 3.49. The van der Waals surface area contributed by atoms with Crippen molar-refractivity contribution in [1.29, 1.82) is 0 Å². The number of imide groups is 1. The second-order valence-corrected chi connectivity index (χ2v) is 11.8. The molecular weight excluding hydrogens is 534 g/mol. The number of carbonyl (C=O) groups excluding carboxylic acids is 3. The Morgan fingerprint density at radius 3 is 2.76 bits per heavy atom. The monoisotopic (exact) mass is 570 g/mol. The van der Waals surface area contributed by atoms with E-state index in [0.29, 0.717) is 18.9 Å². The van der Waals surface area contributed by atoms with Crippen molar-refractivity contribution >= 4 is 29.8 Å². The second-order valence-electron chi connectivity index (χ2n) is 11.8. The van der Waals surface area contributed by atoms with Crippen LogP contribution in [0.15, 0.2) is 23.2 Å². The summed E-state index contributed by atoms with van der Waals surface area (Å²) in [6, 6.07) is 1.81. The summed E-state index contributed by atoms with van der Waals surface area (Å²) in [5, 5.41) is 32.2. The van der Waals surface area contributed by atoms with Gasteiger partial charge in [-0.25, -0.2) is 14.4 Å². The molecule has 220 valence electrons. The molecule has 2 saturated heterocycles. The molecule has 0 saturated carbocycles. The first kappa shape index (κ1) is 27.1. The van der Waals surface area contributed by atoms with Crippen LogP contribution in [0.5, 0.6) is 5.75 Å². The molecule has 6 rings (SSSR count). The fraction of sp³-hybridized carbons (Fsp3) is 0.577. The van der Waals surface area contributed by atoms with Gasteiger partial charge >= 0.3 is 12.0 Å². The number of aliphatic imine (C=N–C) groups is 1. The normalized spacial score (nSPS) is 31.0. The van der Waals surface area contributed by atoms with Gasteiger partial charge in [-0.2, -0.15) is 0 Å². The lowest BCUT2D eigenvalue weighted by Gasteiger charge is -2.44.